The predicted octanol–water partition coefficient (Wildman–Crippen LogP) is -0.284. The molecule has 0 radical (unpaired) electrons. The van der Waals surface area contributed by atoms with Crippen molar-refractivity contribution in [1.82, 2.24) is 23.8 Å². The van der Waals surface area contributed by atoms with Gasteiger partial charge >= 0.3 is 5.69 Å². The van der Waals surface area contributed by atoms with Crippen LogP contribution in [0.5, 0.6) is 0 Å². The van der Waals surface area contributed by atoms with Gasteiger partial charge in [-0.1, -0.05) is 0 Å². The lowest BCUT2D eigenvalue weighted by atomic mass is 10.1. The number of H-pyrrole nitrogens is 1. The van der Waals surface area contributed by atoms with Crippen LogP contribution in [-0.4, -0.2) is 51.6 Å². The van der Waals surface area contributed by atoms with Gasteiger partial charge in [0, 0.05) is 13.1 Å². The monoisotopic (exact) mass is 297 g/mol. The van der Waals surface area contributed by atoms with E-state index in [0.717, 1.165) is 12.8 Å². The third-order valence-corrected chi connectivity index (χ3v) is 4.84. The maximum atomic E-state index is 12.1. The second kappa shape index (κ2) is 4.67. The zero-order chi connectivity index (χ0) is 14.3. The van der Waals surface area contributed by atoms with E-state index in [1.54, 1.807) is 0 Å². The summed E-state index contributed by atoms with van der Waals surface area (Å²) < 4.78 is 26.3. The van der Waals surface area contributed by atoms with Crippen LogP contribution in [0.4, 0.5) is 0 Å². The molecular weight excluding hydrogens is 282 g/mol. The van der Waals surface area contributed by atoms with Gasteiger partial charge in [-0.05, 0) is 12.8 Å². The molecule has 0 saturated carbocycles. The Kier molecular flexibility index (Phi) is 3.09. The number of nitrogens with one attached hydrogen (secondary N) is 1. The molecule has 1 fully saturated rings. The van der Waals surface area contributed by atoms with Crippen LogP contribution in [0.3, 0.4) is 0 Å². The number of aromatic amines is 1. The Morgan fingerprint density at radius 3 is 3.00 bits per heavy atom. The number of nitrogens with zero attached hydrogens (tertiary/aromatic N) is 4. The van der Waals surface area contributed by atoms with Crippen LogP contribution in [0.2, 0.25) is 0 Å². The van der Waals surface area contributed by atoms with Gasteiger partial charge in [0.2, 0.25) is 10.0 Å². The Hall–Kier alpha value is -1.74. The first kappa shape index (κ1) is 13.3. The van der Waals surface area contributed by atoms with E-state index in [4.69, 9.17) is 0 Å². The molecule has 0 spiro atoms. The van der Waals surface area contributed by atoms with Gasteiger partial charge in [-0.3, -0.25) is 4.57 Å². The summed E-state index contributed by atoms with van der Waals surface area (Å²) in [5.74, 6) is 0. The number of hydrogen-bond acceptors (Lipinski definition) is 5. The van der Waals surface area contributed by atoms with E-state index in [1.165, 1.54) is 27.7 Å². The van der Waals surface area contributed by atoms with Crippen molar-refractivity contribution in [1.29, 1.82) is 0 Å². The Labute approximate surface area is 115 Å². The third kappa shape index (κ3) is 2.22. The molecule has 0 bridgehead atoms. The zero-order valence-electron chi connectivity index (χ0n) is 11.0. The molecule has 2 aromatic heterocycles. The van der Waals surface area contributed by atoms with E-state index in [0.29, 0.717) is 24.3 Å². The van der Waals surface area contributed by atoms with E-state index in [9.17, 15) is 13.2 Å². The zero-order valence-corrected chi connectivity index (χ0v) is 11.8. The normalized spacial score (nSPS) is 21.4. The van der Waals surface area contributed by atoms with Gasteiger partial charge in [0.05, 0.1) is 18.5 Å². The van der Waals surface area contributed by atoms with Crippen molar-refractivity contribution in [2.24, 2.45) is 0 Å². The van der Waals surface area contributed by atoms with Crippen molar-refractivity contribution < 1.29 is 8.42 Å². The van der Waals surface area contributed by atoms with Crippen LogP contribution >= 0.6 is 0 Å². The Morgan fingerprint density at radius 1 is 1.45 bits per heavy atom. The molecular formula is C11H15N5O3S. The smallest absolute Gasteiger partial charge is 0.303 e. The highest BCUT2D eigenvalue weighted by Crippen LogP contribution is 2.24. The predicted molar refractivity (Wildman–Crippen MR) is 72.8 cm³/mol. The van der Waals surface area contributed by atoms with Crippen molar-refractivity contribution in [3.63, 3.8) is 0 Å². The largest absolute Gasteiger partial charge is 0.328 e. The highest BCUT2D eigenvalue weighted by Gasteiger charge is 2.29. The molecule has 1 unspecified atom stereocenters. The summed E-state index contributed by atoms with van der Waals surface area (Å²) in [6, 6.07) is -0.199. The van der Waals surface area contributed by atoms with Gasteiger partial charge < -0.3 is 4.98 Å². The third-order valence-electron chi connectivity index (χ3n) is 3.57. The average molecular weight is 297 g/mol. The molecule has 1 N–H and O–H groups in total. The van der Waals surface area contributed by atoms with Crippen LogP contribution in [-0.2, 0) is 10.0 Å². The SMILES string of the molecule is CS(=O)(=O)N1CCCC(n2c(=O)[nH]c3cncnc32)C1. The molecule has 3 rings (SSSR count). The average Bonchev–Trinajstić information content (AvgIpc) is 2.73. The van der Waals surface area contributed by atoms with Gasteiger partial charge in [-0.15, -0.1) is 0 Å². The topological polar surface area (TPSA) is 101 Å². The highest BCUT2D eigenvalue weighted by atomic mass is 32.2. The Balaban J connectivity index is 2.03. The maximum absolute atomic E-state index is 12.1. The van der Waals surface area contributed by atoms with E-state index in [-0.39, 0.29) is 11.7 Å². The van der Waals surface area contributed by atoms with Crippen molar-refractivity contribution in [2.45, 2.75) is 18.9 Å². The minimum absolute atomic E-state index is 0.199. The van der Waals surface area contributed by atoms with E-state index < -0.39 is 10.0 Å². The Bertz CT molecular complexity index is 794. The van der Waals surface area contributed by atoms with Crippen molar-refractivity contribution >= 4 is 21.2 Å². The molecule has 1 aliphatic rings. The van der Waals surface area contributed by atoms with Gasteiger partial charge in [0.15, 0.2) is 5.65 Å². The molecule has 1 saturated heterocycles. The highest BCUT2D eigenvalue weighted by molar-refractivity contribution is 7.88. The quantitative estimate of drug-likeness (QED) is 0.821. The van der Waals surface area contributed by atoms with Crippen LogP contribution in [0.15, 0.2) is 17.3 Å². The van der Waals surface area contributed by atoms with Gasteiger partial charge in [-0.2, -0.15) is 0 Å². The second-order valence-corrected chi connectivity index (χ2v) is 6.96. The van der Waals surface area contributed by atoms with Crippen molar-refractivity contribution in [2.75, 3.05) is 19.3 Å². The summed E-state index contributed by atoms with van der Waals surface area (Å²) in [4.78, 5) is 22.7. The molecule has 20 heavy (non-hydrogen) atoms. The fourth-order valence-electron chi connectivity index (χ4n) is 2.65. The number of aromatic nitrogens is 4. The number of fused-ring (bicyclic) bond motifs is 1. The summed E-state index contributed by atoms with van der Waals surface area (Å²) in [6.07, 6.45) is 5.58. The molecule has 8 nitrogen and oxygen atoms in total. The molecule has 3 heterocycles. The first-order valence-electron chi connectivity index (χ1n) is 6.32. The summed E-state index contributed by atoms with van der Waals surface area (Å²) in [6.45, 7) is 0.803. The number of piperidine rings is 1. The molecule has 0 amide bonds. The lowest BCUT2D eigenvalue weighted by Gasteiger charge is -2.31. The summed E-state index contributed by atoms with van der Waals surface area (Å²) in [5.41, 5.74) is 0.806. The minimum atomic E-state index is -3.24. The second-order valence-electron chi connectivity index (χ2n) is 4.98. The van der Waals surface area contributed by atoms with Crippen LogP contribution < -0.4 is 5.69 Å². The fraction of sp³-hybridized carbons (Fsp3) is 0.545. The van der Waals surface area contributed by atoms with Crippen molar-refractivity contribution in [3.8, 4) is 0 Å². The first-order valence-corrected chi connectivity index (χ1v) is 8.17. The van der Waals surface area contributed by atoms with E-state index >= 15 is 0 Å². The van der Waals surface area contributed by atoms with E-state index in [1.807, 2.05) is 0 Å². The number of rotatable bonds is 2. The number of sulfonamides is 1. The van der Waals surface area contributed by atoms with Crippen LogP contribution in [0.25, 0.3) is 11.2 Å². The number of imidazole rings is 1. The molecule has 108 valence electrons. The molecule has 1 aliphatic heterocycles. The van der Waals surface area contributed by atoms with Gasteiger partial charge in [-0.25, -0.2) is 27.5 Å². The van der Waals surface area contributed by atoms with Crippen LogP contribution in [0, 0.1) is 0 Å². The number of hydrogen-bond donors (Lipinski definition) is 1. The first-order chi connectivity index (χ1) is 9.47. The summed E-state index contributed by atoms with van der Waals surface area (Å²) in [7, 11) is -3.24. The minimum Gasteiger partial charge on any atom is -0.303 e. The van der Waals surface area contributed by atoms with Crippen LogP contribution in [0.1, 0.15) is 18.9 Å². The summed E-state index contributed by atoms with van der Waals surface area (Å²) >= 11 is 0. The standard InChI is InChI=1S/C11H15N5O3S/c1-20(18,19)15-4-2-3-8(6-15)16-10-9(14-11(16)17)5-12-7-13-10/h5,7-8H,2-4,6H2,1H3,(H,14,17). The Morgan fingerprint density at radius 2 is 2.25 bits per heavy atom. The maximum Gasteiger partial charge on any atom is 0.328 e. The molecule has 9 heteroatoms. The molecule has 0 aromatic carbocycles. The molecule has 0 aliphatic carbocycles. The van der Waals surface area contributed by atoms with Gasteiger partial charge in [0.1, 0.15) is 11.8 Å². The lowest BCUT2D eigenvalue weighted by Crippen LogP contribution is -2.42. The fourth-order valence-corrected chi connectivity index (χ4v) is 3.55. The van der Waals surface area contributed by atoms with Gasteiger partial charge in [0.25, 0.3) is 0 Å². The van der Waals surface area contributed by atoms with Crippen molar-refractivity contribution in [3.05, 3.63) is 23.0 Å². The summed E-state index contributed by atoms with van der Waals surface area (Å²) in [5, 5.41) is 0. The van der Waals surface area contributed by atoms with E-state index in [2.05, 4.69) is 15.0 Å². The lowest BCUT2D eigenvalue weighted by molar-refractivity contribution is 0.268. The molecule has 1 atom stereocenters. The molecule has 2 aromatic rings.